The van der Waals surface area contributed by atoms with E-state index < -0.39 is 16.3 Å². The first-order valence-corrected chi connectivity index (χ1v) is 13.3. The molecule has 0 amide bonds. The van der Waals surface area contributed by atoms with E-state index in [1.165, 1.54) is 38.3 Å². The van der Waals surface area contributed by atoms with Crippen molar-refractivity contribution in [2.24, 2.45) is 0 Å². The van der Waals surface area contributed by atoms with Crippen molar-refractivity contribution >= 4 is 16.3 Å². The minimum Gasteiger partial charge on any atom is -0.321 e. The Balaban J connectivity index is 2.47. The van der Waals surface area contributed by atoms with E-state index in [1.807, 2.05) is 0 Å². The molecule has 1 saturated heterocycles. The first-order chi connectivity index (χ1) is 7.77. The van der Waals surface area contributed by atoms with Gasteiger partial charge in [0.1, 0.15) is 8.24 Å². The molecule has 0 N–H and O–H groups in total. The van der Waals surface area contributed by atoms with Crippen LogP contribution in [-0.4, -0.2) is 59.0 Å². The Morgan fingerprint density at radius 2 is 1.53 bits per heavy atom. The Morgan fingerprint density at radius 3 is 2.00 bits per heavy atom. The molecule has 1 fully saturated rings. The fourth-order valence-electron chi connectivity index (χ4n) is 2.30. The van der Waals surface area contributed by atoms with Crippen molar-refractivity contribution in [1.29, 1.82) is 0 Å². The topological polar surface area (TPSA) is 6.48 Å². The third-order valence-electron chi connectivity index (χ3n) is 4.29. The third-order valence-corrected chi connectivity index (χ3v) is 11.1. The van der Waals surface area contributed by atoms with Gasteiger partial charge in [0.2, 0.25) is 0 Å². The van der Waals surface area contributed by atoms with Gasteiger partial charge >= 0.3 is 0 Å². The van der Waals surface area contributed by atoms with Gasteiger partial charge in [-0.25, -0.2) is 0 Å². The Kier molecular flexibility index (Phi) is 5.19. The van der Waals surface area contributed by atoms with E-state index in [2.05, 4.69) is 55.0 Å². The third kappa shape index (κ3) is 4.70. The molecule has 0 saturated carbocycles. The van der Waals surface area contributed by atoms with E-state index in [9.17, 15) is 0 Å². The van der Waals surface area contributed by atoms with Gasteiger partial charge < -0.3 is 9.47 Å². The van der Waals surface area contributed by atoms with Gasteiger partial charge in [0.25, 0.3) is 0 Å². The summed E-state index contributed by atoms with van der Waals surface area (Å²) in [6, 6.07) is 2.87. The normalized spacial score (nSPS) is 20.5. The van der Waals surface area contributed by atoms with Crippen molar-refractivity contribution < 1.29 is 0 Å². The van der Waals surface area contributed by atoms with Gasteiger partial charge in [-0.3, -0.25) is 0 Å². The van der Waals surface area contributed by atoms with Gasteiger partial charge in [-0.05, 0) is 13.1 Å². The monoisotopic (exact) mass is 270 g/mol. The average Bonchev–Trinajstić information content (AvgIpc) is 2.27. The highest BCUT2D eigenvalue weighted by Crippen LogP contribution is 2.24. The van der Waals surface area contributed by atoms with E-state index in [4.69, 9.17) is 0 Å². The number of piperazine rings is 1. The zero-order chi connectivity index (χ0) is 13.1. The second-order valence-corrected chi connectivity index (χ2v) is 16.4. The Hall–Kier alpha value is 0.0938. The van der Waals surface area contributed by atoms with Gasteiger partial charge in [-0.15, -0.1) is 12.3 Å². The summed E-state index contributed by atoms with van der Waals surface area (Å²) in [5, 5.41) is 0. The molecule has 17 heavy (non-hydrogen) atoms. The van der Waals surface area contributed by atoms with Crippen molar-refractivity contribution in [2.75, 3.05) is 33.2 Å². The lowest BCUT2D eigenvalue weighted by Gasteiger charge is -2.43. The molecule has 1 aliphatic heterocycles. The number of hydrogen-bond donors (Lipinski definition) is 0. The second kappa shape index (κ2) is 5.82. The van der Waals surface area contributed by atoms with Crippen LogP contribution in [0.25, 0.3) is 0 Å². The standard InChI is InChI=1S/C13H30N2Si2/c1-7-16(3,4)12-13-17(5,6)15-10-8-14(2)9-11-15/h7H,1,8-13H2,2-6H3. The van der Waals surface area contributed by atoms with Crippen LogP contribution in [0, 0.1) is 0 Å². The summed E-state index contributed by atoms with van der Waals surface area (Å²) in [7, 11) is -0.0314. The molecular formula is C13H30N2Si2. The molecule has 0 radical (unpaired) electrons. The van der Waals surface area contributed by atoms with E-state index in [-0.39, 0.29) is 0 Å². The fourth-order valence-corrected chi connectivity index (χ4v) is 9.26. The van der Waals surface area contributed by atoms with E-state index in [1.54, 1.807) is 0 Å². The zero-order valence-electron chi connectivity index (χ0n) is 12.4. The average molecular weight is 271 g/mol. The van der Waals surface area contributed by atoms with Crippen LogP contribution in [0.3, 0.4) is 0 Å². The molecule has 1 heterocycles. The van der Waals surface area contributed by atoms with Gasteiger partial charge in [0.05, 0.1) is 8.07 Å². The van der Waals surface area contributed by atoms with Crippen LogP contribution >= 0.6 is 0 Å². The first-order valence-electron chi connectivity index (χ1n) is 6.84. The van der Waals surface area contributed by atoms with E-state index in [0.717, 1.165) is 0 Å². The maximum absolute atomic E-state index is 4.01. The number of rotatable bonds is 5. The Labute approximate surface area is 110 Å². The highest BCUT2D eigenvalue weighted by molar-refractivity contribution is 6.84. The maximum Gasteiger partial charge on any atom is 0.122 e. The summed E-state index contributed by atoms with van der Waals surface area (Å²) in [5.41, 5.74) is 2.25. The summed E-state index contributed by atoms with van der Waals surface area (Å²) in [6.45, 7) is 19.0. The van der Waals surface area contributed by atoms with Crippen LogP contribution in [0.1, 0.15) is 0 Å². The summed E-state index contributed by atoms with van der Waals surface area (Å²) < 4.78 is 2.81. The van der Waals surface area contributed by atoms with Crippen LogP contribution in [0.15, 0.2) is 12.3 Å². The largest absolute Gasteiger partial charge is 0.321 e. The minimum atomic E-state index is -1.16. The number of nitrogens with zero attached hydrogens (tertiary/aromatic N) is 2. The molecule has 0 atom stereocenters. The molecule has 1 aliphatic rings. The molecule has 0 aromatic carbocycles. The van der Waals surface area contributed by atoms with Crippen molar-refractivity contribution in [3.8, 4) is 0 Å². The van der Waals surface area contributed by atoms with Crippen molar-refractivity contribution in [3.63, 3.8) is 0 Å². The highest BCUT2D eigenvalue weighted by Gasteiger charge is 2.32. The van der Waals surface area contributed by atoms with E-state index >= 15 is 0 Å². The van der Waals surface area contributed by atoms with E-state index in [0.29, 0.717) is 0 Å². The molecule has 1 rings (SSSR count). The molecule has 0 aromatic heterocycles. The minimum absolute atomic E-state index is 1.10. The van der Waals surface area contributed by atoms with Gasteiger partial charge in [-0.1, -0.05) is 32.2 Å². The van der Waals surface area contributed by atoms with Crippen LogP contribution in [0.2, 0.25) is 38.3 Å². The predicted octanol–water partition coefficient (Wildman–Crippen LogP) is 2.87. The van der Waals surface area contributed by atoms with Crippen molar-refractivity contribution in [1.82, 2.24) is 9.47 Å². The molecular weight excluding hydrogens is 240 g/mol. The molecule has 0 aliphatic carbocycles. The molecule has 0 unspecified atom stereocenters. The van der Waals surface area contributed by atoms with Gasteiger partial charge in [0, 0.05) is 26.2 Å². The smallest absolute Gasteiger partial charge is 0.122 e. The number of likely N-dealkylation sites (N-methyl/N-ethyl adjacent to an activating group) is 1. The molecule has 2 nitrogen and oxygen atoms in total. The molecule has 0 spiro atoms. The van der Waals surface area contributed by atoms with Crippen molar-refractivity contribution in [3.05, 3.63) is 12.3 Å². The lowest BCUT2D eigenvalue weighted by atomic mass is 10.4. The summed E-state index contributed by atoms with van der Waals surface area (Å²) >= 11 is 0. The Morgan fingerprint density at radius 1 is 1.00 bits per heavy atom. The van der Waals surface area contributed by atoms with Crippen molar-refractivity contribution in [2.45, 2.75) is 38.3 Å². The summed E-state index contributed by atoms with van der Waals surface area (Å²) in [5.74, 6) is 0. The van der Waals surface area contributed by atoms with Gasteiger partial charge in [0.15, 0.2) is 0 Å². The van der Waals surface area contributed by atoms with Crippen LogP contribution in [0.5, 0.6) is 0 Å². The summed E-state index contributed by atoms with van der Waals surface area (Å²) in [4.78, 5) is 2.45. The second-order valence-electron chi connectivity index (χ2n) is 6.80. The highest BCUT2D eigenvalue weighted by atomic mass is 28.3. The number of hydrogen-bond acceptors (Lipinski definition) is 2. The fraction of sp³-hybridized carbons (Fsp3) is 0.846. The quantitative estimate of drug-likeness (QED) is 0.709. The van der Waals surface area contributed by atoms with Crippen LogP contribution in [-0.2, 0) is 0 Å². The predicted molar refractivity (Wildman–Crippen MR) is 83.8 cm³/mol. The first kappa shape index (κ1) is 15.2. The lowest BCUT2D eigenvalue weighted by Crippen LogP contribution is -2.57. The molecule has 0 bridgehead atoms. The maximum atomic E-state index is 4.01. The molecule has 4 heteroatoms. The summed E-state index contributed by atoms with van der Waals surface area (Å²) in [6.07, 6.45) is 0. The molecule has 0 aromatic rings. The van der Waals surface area contributed by atoms with Crippen LogP contribution < -0.4 is 0 Å². The SMILES string of the molecule is C=C[Si](C)(C)CC[Si](C)(C)N1CCN(C)CC1. The van der Waals surface area contributed by atoms with Gasteiger partial charge in [-0.2, -0.15) is 0 Å². The lowest BCUT2D eigenvalue weighted by molar-refractivity contribution is 0.216. The molecule has 100 valence electrons. The van der Waals surface area contributed by atoms with Crippen LogP contribution in [0.4, 0.5) is 0 Å². The Bertz CT molecular complexity index is 256. The zero-order valence-corrected chi connectivity index (χ0v) is 14.4.